The van der Waals surface area contributed by atoms with Crippen molar-refractivity contribution >= 4 is 11.9 Å². The fourth-order valence-corrected chi connectivity index (χ4v) is 2.80. The summed E-state index contributed by atoms with van der Waals surface area (Å²) in [5.74, 6) is -1.28. The number of hydrogen-bond acceptors (Lipinski definition) is 3. The summed E-state index contributed by atoms with van der Waals surface area (Å²) in [6, 6.07) is 15.0. The smallest absolute Gasteiger partial charge is 0.326 e. The molecular formula is C18H14N2O3. The zero-order chi connectivity index (χ0) is 16.4. The SMILES string of the molecule is N#Cc1ccc(C[C@@H](C(=O)O)N2Cc3ccccc3C2=O)cc1. The van der Waals surface area contributed by atoms with E-state index in [0.29, 0.717) is 17.7 Å². The van der Waals surface area contributed by atoms with Crippen molar-refractivity contribution in [1.82, 2.24) is 4.90 Å². The lowest BCUT2D eigenvalue weighted by Gasteiger charge is -2.24. The van der Waals surface area contributed by atoms with Gasteiger partial charge in [-0.05, 0) is 29.3 Å². The van der Waals surface area contributed by atoms with Gasteiger partial charge in [-0.15, -0.1) is 0 Å². The van der Waals surface area contributed by atoms with E-state index < -0.39 is 12.0 Å². The number of fused-ring (bicyclic) bond motifs is 1. The molecule has 3 rings (SSSR count). The van der Waals surface area contributed by atoms with Crippen LogP contribution in [0.15, 0.2) is 48.5 Å². The molecule has 114 valence electrons. The normalized spacial score (nSPS) is 14.2. The fourth-order valence-electron chi connectivity index (χ4n) is 2.80. The van der Waals surface area contributed by atoms with E-state index >= 15 is 0 Å². The van der Waals surface area contributed by atoms with E-state index in [1.807, 2.05) is 18.2 Å². The zero-order valence-electron chi connectivity index (χ0n) is 12.3. The predicted octanol–water partition coefficient (Wildman–Crippen LogP) is 2.21. The van der Waals surface area contributed by atoms with Gasteiger partial charge < -0.3 is 10.0 Å². The van der Waals surface area contributed by atoms with Crippen molar-refractivity contribution in [1.29, 1.82) is 5.26 Å². The van der Waals surface area contributed by atoms with Gasteiger partial charge in [0.2, 0.25) is 0 Å². The van der Waals surface area contributed by atoms with Gasteiger partial charge in [0.15, 0.2) is 0 Å². The second-order valence-corrected chi connectivity index (χ2v) is 5.46. The first-order chi connectivity index (χ1) is 11.1. The molecule has 0 aliphatic carbocycles. The minimum absolute atomic E-state index is 0.209. The molecule has 1 aliphatic rings. The van der Waals surface area contributed by atoms with Crippen LogP contribution in [0.3, 0.4) is 0 Å². The van der Waals surface area contributed by atoms with Crippen molar-refractivity contribution in [3.05, 3.63) is 70.8 Å². The molecule has 0 spiro atoms. The number of carbonyl (C=O) groups is 2. The molecule has 1 amide bonds. The van der Waals surface area contributed by atoms with Gasteiger partial charge in [0.25, 0.3) is 5.91 Å². The predicted molar refractivity (Wildman–Crippen MR) is 82.6 cm³/mol. The van der Waals surface area contributed by atoms with Crippen molar-refractivity contribution in [2.24, 2.45) is 0 Å². The number of benzene rings is 2. The molecule has 0 saturated heterocycles. The molecule has 2 aromatic carbocycles. The van der Waals surface area contributed by atoms with E-state index in [-0.39, 0.29) is 12.3 Å². The summed E-state index contributed by atoms with van der Waals surface area (Å²) in [7, 11) is 0. The number of nitrogens with zero attached hydrogens (tertiary/aromatic N) is 2. The Labute approximate surface area is 133 Å². The van der Waals surface area contributed by atoms with Gasteiger partial charge in [-0.25, -0.2) is 4.79 Å². The molecule has 5 heteroatoms. The van der Waals surface area contributed by atoms with Crippen LogP contribution in [0.25, 0.3) is 0 Å². The lowest BCUT2D eigenvalue weighted by atomic mass is 10.0. The second kappa shape index (κ2) is 5.93. The molecule has 1 N–H and O–H groups in total. The van der Waals surface area contributed by atoms with E-state index in [9.17, 15) is 14.7 Å². The molecule has 0 saturated carbocycles. The van der Waals surface area contributed by atoms with Crippen molar-refractivity contribution in [3.63, 3.8) is 0 Å². The summed E-state index contributed by atoms with van der Waals surface area (Å²) in [4.78, 5) is 25.5. The highest BCUT2D eigenvalue weighted by molar-refractivity contribution is 6.00. The highest BCUT2D eigenvalue weighted by Gasteiger charge is 2.36. The molecule has 0 bridgehead atoms. The molecule has 5 nitrogen and oxygen atoms in total. The molecule has 23 heavy (non-hydrogen) atoms. The summed E-state index contributed by atoms with van der Waals surface area (Å²) >= 11 is 0. The highest BCUT2D eigenvalue weighted by atomic mass is 16.4. The summed E-state index contributed by atoms with van der Waals surface area (Å²) < 4.78 is 0. The van der Waals surface area contributed by atoms with Crippen LogP contribution in [-0.2, 0) is 17.8 Å². The van der Waals surface area contributed by atoms with Crippen LogP contribution in [-0.4, -0.2) is 27.9 Å². The first kappa shape index (κ1) is 14.8. The molecule has 2 aromatic rings. The van der Waals surface area contributed by atoms with Gasteiger partial charge in [-0.1, -0.05) is 30.3 Å². The van der Waals surface area contributed by atoms with Crippen molar-refractivity contribution in [2.45, 2.75) is 19.0 Å². The maximum absolute atomic E-state index is 12.5. The van der Waals surface area contributed by atoms with E-state index in [0.717, 1.165) is 11.1 Å². The average Bonchev–Trinajstić information content (AvgIpc) is 2.90. The van der Waals surface area contributed by atoms with E-state index in [2.05, 4.69) is 0 Å². The minimum atomic E-state index is -1.03. The van der Waals surface area contributed by atoms with Crippen LogP contribution in [0.5, 0.6) is 0 Å². The van der Waals surface area contributed by atoms with Gasteiger partial charge in [-0.3, -0.25) is 4.79 Å². The van der Waals surface area contributed by atoms with Crippen LogP contribution in [0.2, 0.25) is 0 Å². The van der Waals surface area contributed by atoms with E-state index in [4.69, 9.17) is 5.26 Å². The van der Waals surface area contributed by atoms with Gasteiger partial charge in [-0.2, -0.15) is 5.26 Å². The average molecular weight is 306 g/mol. The van der Waals surface area contributed by atoms with Gasteiger partial charge >= 0.3 is 5.97 Å². The van der Waals surface area contributed by atoms with Gasteiger partial charge in [0.05, 0.1) is 11.6 Å². The minimum Gasteiger partial charge on any atom is -0.480 e. The van der Waals surface area contributed by atoms with Crippen molar-refractivity contribution in [2.75, 3.05) is 0 Å². The molecule has 0 fully saturated rings. The second-order valence-electron chi connectivity index (χ2n) is 5.46. The Hall–Kier alpha value is -3.13. The Kier molecular flexibility index (Phi) is 3.82. The maximum atomic E-state index is 12.5. The largest absolute Gasteiger partial charge is 0.480 e. The number of rotatable bonds is 4. The Morgan fingerprint density at radius 1 is 1.22 bits per heavy atom. The Morgan fingerprint density at radius 3 is 2.52 bits per heavy atom. The number of aliphatic carboxylic acids is 1. The standard InChI is InChI=1S/C18H14N2O3/c19-10-13-7-5-12(6-8-13)9-16(18(22)23)20-11-14-3-1-2-4-15(14)17(20)21/h1-8,16H,9,11H2,(H,22,23)/t16-/m0/s1. The molecule has 1 atom stereocenters. The Balaban J connectivity index is 1.84. The number of nitriles is 1. The van der Waals surface area contributed by atoms with Gasteiger partial charge in [0, 0.05) is 18.5 Å². The van der Waals surface area contributed by atoms with Crippen LogP contribution < -0.4 is 0 Å². The summed E-state index contributed by atoms with van der Waals surface area (Å²) in [5, 5.41) is 18.4. The summed E-state index contributed by atoms with van der Waals surface area (Å²) in [6.07, 6.45) is 0.209. The van der Waals surface area contributed by atoms with Crippen molar-refractivity contribution in [3.8, 4) is 6.07 Å². The van der Waals surface area contributed by atoms with Crippen LogP contribution in [0.4, 0.5) is 0 Å². The molecule has 0 aromatic heterocycles. The topological polar surface area (TPSA) is 81.4 Å². The zero-order valence-corrected chi connectivity index (χ0v) is 12.3. The Morgan fingerprint density at radius 2 is 1.91 bits per heavy atom. The van der Waals surface area contributed by atoms with Crippen LogP contribution in [0, 0.1) is 11.3 Å². The number of amides is 1. The number of carboxylic acid groups (broad SMARTS) is 1. The number of hydrogen-bond donors (Lipinski definition) is 1. The summed E-state index contributed by atoms with van der Waals surface area (Å²) in [6.45, 7) is 0.308. The molecule has 1 aliphatic heterocycles. The quantitative estimate of drug-likeness (QED) is 0.939. The summed E-state index contributed by atoms with van der Waals surface area (Å²) in [5.41, 5.74) is 2.72. The number of carboxylic acids is 1. The van der Waals surface area contributed by atoms with Crippen molar-refractivity contribution < 1.29 is 14.7 Å². The third-order valence-electron chi connectivity index (χ3n) is 4.02. The number of carbonyl (C=O) groups excluding carboxylic acids is 1. The first-order valence-corrected chi connectivity index (χ1v) is 7.21. The highest BCUT2D eigenvalue weighted by Crippen LogP contribution is 2.25. The van der Waals surface area contributed by atoms with E-state index in [1.165, 1.54) is 4.90 Å². The van der Waals surface area contributed by atoms with E-state index in [1.54, 1.807) is 36.4 Å². The molecule has 0 radical (unpaired) electrons. The Bertz CT molecular complexity index is 806. The maximum Gasteiger partial charge on any atom is 0.326 e. The monoisotopic (exact) mass is 306 g/mol. The van der Waals surface area contributed by atoms with Crippen LogP contribution in [0.1, 0.15) is 27.0 Å². The van der Waals surface area contributed by atoms with Crippen LogP contribution >= 0.6 is 0 Å². The molecule has 0 unspecified atom stereocenters. The van der Waals surface area contributed by atoms with Gasteiger partial charge in [0.1, 0.15) is 6.04 Å². The third kappa shape index (κ3) is 2.79. The fraction of sp³-hybridized carbons (Fsp3) is 0.167. The first-order valence-electron chi connectivity index (χ1n) is 7.21. The lowest BCUT2D eigenvalue weighted by molar-refractivity contribution is -0.142. The lowest BCUT2D eigenvalue weighted by Crippen LogP contribution is -2.42. The third-order valence-corrected chi connectivity index (χ3v) is 4.02. The molecule has 1 heterocycles. The molecular weight excluding hydrogens is 292 g/mol.